The first-order valence-corrected chi connectivity index (χ1v) is 9.78. The van der Waals surface area contributed by atoms with Gasteiger partial charge in [-0.3, -0.25) is 4.99 Å². The van der Waals surface area contributed by atoms with Gasteiger partial charge in [-0.05, 0) is 31.4 Å². The van der Waals surface area contributed by atoms with E-state index in [0.29, 0.717) is 12.5 Å². The molecule has 7 heteroatoms. The number of thioether (sulfide) groups is 1. The molecule has 1 aliphatic rings. The van der Waals surface area contributed by atoms with Gasteiger partial charge in [0.05, 0.1) is 6.54 Å². The van der Waals surface area contributed by atoms with E-state index < -0.39 is 0 Å². The molecule has 0 saturated carbocycles. The first kappa shape index (κ1) is 17.8. The van der Waals surface area contributed by atoms with Gasteiger partial charge in [-0.1, -0.05) is 18.2 Å². The number of hydrogen-bond donors (Lipinski definition) is 1. The lowest BCUT2D eigenvalue weighted by Crippen LogP contribution is -2.40. The summed E-state index contributed by atoms with van der Waals surface area (Å²) < 4.78 is 2.05. The van der Waals surface area contributed by atoms with Gasteiger partial charge >= 0.3 is 0 Å². The molecule has 134 valence electrons. The molecule has 0 radical (unpaired) electrons. The van der Waals surface area contributed by atoms with Crippen molar-refractivity contribution in [1.82, 2.24) is 25.0 Å². The number of nitrogens with zero attached hydrogens (tertiary/aromatic N) is 5. The van der Waals surface area contributed by atoms with Crippen molar-refractivity contribution in [3.8, 4) is 0 Å². The Kier molecular flexibility index (Phi) is 6.33. The molecule has 1 N–H and O–H groups in total. The van der Waals surface area contributed by atoms with Crippen LogP contribution in [0.3, 0.4) is 0 Å². The van der Waals surface area contributed by atoms with E-state index in [1.807, 2.05) is 23.4 Å². The number of rotatable bonds is 6. The van der Waals surface area contributed by atoms with Gasteiger partial charge in [-0.2, -0.15) is 0 Å². The highest BCUT2D eigenvalue weighted by molar-refractivity contribution is 7.99. The monoisotopic (exact) mass is 358 g/mol. The molecule has 0 aliphatic carbocycles. The van der Waals surface area contributed by atoms with Crippen molar-refractivity contribution >= 4 is 17.7 Å². The smallest absolute Gasteiger partial charge is 0.194 e. The van der Waals surface area contributed by atoms with Crippen LogP contribution < -0.4 is 5.32 Å². The zero-order chi connectivity index (χ0) is 17.5. The Morgan fingerprint density at radius 2 is 2.20 bits per heavy atom. The standard InChI is InChI=1S/C18H26N6S/c1-3-23-14-21-22-17(23)11-20-18(19-2)24-10-9-15(12-24)13-25-16-7-5-4-6-8-16/h4-8,14-15H,3,9-13H2,1-2H3,(H,19,20). The van der Waals surface area contributed by atoms with Crippen LogP contribution in [0.25, 0.3) is 0 Å². The average Bonchev–Trinajstić information content (AvgIpc) is 3.31. The van der Waals surface area contributed by atoms with Gasteiger partial charge < -0.3 is 14.8 Å². The largest absolute Gasteiger partial charge is 0.349 e. The van der Waals surface area contributed by atoms with Crippen LogP contribution in [0.1, 0.15) is 19.2 Å². The minimum Gasteiger partial charge on any atom is -0.349 e. The molecule has 1 aliphatic heterocycles. The third-order valence-electron chi connectivity index (χ3n) is 4.47. The van der Waals surface area contributed by atoms with Crippen molar-refractivity contribution in [1.29, 1.82) is 0 Å². The molecule has 0 bridgehead atoms. The predicted octanol–water partition coefficient (Wildman–Crippen LogP) is 2.49. The number of aromatic nitrogens is 3. The van der Waals surface area contributed by atoms with Crippen LogP contribution >= 0.6 is 11.8 Å². The average molecular weight is 359 g/mol. The van der Waals surface area contributed by atoms with Gasteiger partial charge in [0.2, 0.25) is 0 Å². The SMILES string of the molecule is CCn1cnnc1CNC(=NC)N1CCC(CSc2ccccc2)C1. The highest BCUT2D eigenvalue weighted by atomic mass is 32.2. The number of hydrogen-bond acceptors (Lipinski definition) is 4. The second kappa shape index (κ2) is 8.89. The Bertz CT molecular complexity index is 684. The molecule has 6 nitrogen and oxygen atoms in total. The maximum absolute atomic E-state index is 4.44. The molecule has 25 heavy (non-hydrogen) atoms. The molecule has 1 fully saturated rings. The summed E-state index contributed by atoms with van der Waals surface area (Å²) in [5.74, 6) is 3.75. The summed E-state index contributed by atoms with van der Waals surface area (Å²) in [4.78, 5) is 8.14. The Morgan fingerprint density at radius 1 is 1.36 bits per heavy atom. The Hall–Kier alpha value is -2.02. The molecule has 3 rings (SSSR count). The van der Waals surface area contributed by atoms with E-state index in [2.05, 4.69) is 62.7 Å². The summed E-state index contributed by atoms with van der Waals surface area (Å²) in [6.45, 7) is 5.74. The number of aliphatic imine (C=N–C) groups is 1. The van der Waals surface area contributed by atoms with Crippen molar-refractivity contribution in [2.45, 2.75) is 31.3 Å². The molecule has 1 aromatic carbocycles. The summed E-state index contributed by atoms with van der Waals surface area (Å²) in [6, 6.07) is 10.6. The van der Waals surface area contributed by atoms with Crippen LogP contribution in [-0.4, -0.2) is 51.5 Å². The van der Waals surface area contributed by atoms with Crippen molar-refractivity contribution in [3.63, 3.8) is 0 Å². The maximum atomic E-state index is 4.44. The third-order valence-corrected chi connectivity index (χ3v) is 5.71. The van der Waals surface area contributed by atoms with E-state index in [4.69, 9.17) is 0 Å². The zero-order valence-electron chi connectivity index (χ0n) is 14.9. The summed E-state index contributed by atoms with van der Waals surface area (Å²) in [5, 5.41) is 11.6. The van der Waals surface area contributed by atoms with E-state index in [9.17, 15) is 0 Å². The molecule has 1 saturated heterocycles. The number of nitrogens with one attached hydrogen (secondary N) is 1. The van der Waals surface area contributed by atoms with Crippen molar-refractivity contribution in [2.75, 3.05) is 25.9 Å². The maximum Gasteiger partial charge on any atom is 0.194 e. The molecular formula is C18H26N6S. The minimum absolute atomic E-state index is 0.653. The van der Waals surface area contributed by atoms with Gasteiger partial charge in [0, 0.05) is 37.3 Å². The number of benzene rings is 1. The summed E-state index contributed by atoms with van der Waals surface area (Å²) in [7, 11) is 1.85. The van der Waals surface area contributed by atoms with Crippen molar-refractivity contribution in [2.24, 2.45) is 10.9 Å². The highest BCUT2D eigenvalue weighted by Crippen LogP contribution is 2.25. The van der Waals surface area contributed by atoms with Gasteiger partial charge in [0.1, 0.15) is 6.33 Å². The fraction of sp³-hybridized carbons (Fsp3) is 0.500. The quantitative estimate of drug-likeness (QED) is 0.488. The highest BCUT2D eigenvalue weighted by Gasteiger charge is 2.25. The number of guanidine groups is 1. The molecule has 2 aromatic rings. The lowest BCUT2D eigenvalue weighted by Gasteiger charge is -2.21. The van der Waals surface area contributed by atoms with Crippen LogP contribution in [-0.2, 0) is 13.1 Å². The van der Waals surface area contributed by atoms with E-state index in [-0.39, 0.29) is 0 Å². The fourth-order valence-electron chi connectivity index (χ4n) is 3.06. The molecular weight excluding hydrogens is 332 g/mol. The van der Waals surface area contributed by atoms with Crippen LogP contribution in [0.15, 0.2) is 46.5 Å². The summed E-state index contributed by atoms with van der Waals surface area (Å²) in [5.41, 5.74) is 0. The molecule has 1 aromatic heterocycles. The molecule has 1 unspecified atom stereocenters. The van der Waals surface area contributed by atoms with Gasteiger partial charge in [-0.15, -0.1) is 22.0 Å². The Balaban J connectivity index is 1.48. The van der Waals surface area contributed by atoms with Crippen molar-refractivity contribution in [3.05, 3.63) is 42.5 Å². The lowest BCUT2D eigenvalue weighted by molar-refractivity contribution is 0.471. The van der Waals surface area contributed by atoms with E-state index in [1.165, 1.54) is 11.3 Å². The molecule has 1 atom stereocenters. The van der Waals surface area contributed by atoms with Crippen LogP contribution in [0.4, 0.5) is 0 Å². The molecule has 2 heterocycles. The second-order valence-electron chi connectivity index (χ2n) is 6.16. The molecule has 0 amide bonds. The number of aryl methyl sites for hydroxylation is 1. The summed E-state index contributed by atoms with van der Waals surface area (Å²) in [6.07, 6.45) is 2.98. The van der Waals surface area contributed by atoms with Gasteiger partial charge in [0.15, 0.2) is 11.8 Å². The van der Waals surface area contributed by atoms with Crippen LogP contribution in [0.2, 0.25) is 0 Å². The lowest BCUT2D eigenvalue weighted by atomic mass is 10.2. The van der Waals surface area contributed by atoms with Crippen LogP contribution in [0, 0.1) is 5.92 Å². The van der Waals surface area contributed by atoms with Gasteiger partial charge in [0.25, 0.3) is 0 Å². The normalized spacial score (nSPS) is 17.9. The Morgan fingerprint density at radius 3 is 2.96 bits per heavy atom. The van der Waals surface area contributed by atoms with Gasteiger partial charge in [-0.25, -0.2) is 0 Å². The van der Waals surface area contributed by atoms with E-state index in [1.54, 1.807) is 6.33 Å². The van der Waals surface area contributed by atoms with Crippen LogP contribution in [0.5, 0.6) is 0 Å². The Labute approximate surface area is 153 Å². The number of likely N-dealkylation sites (tertiary alicyclic amines) is 1. The molecule has 0 spiro atoms. The first-order chi connectivity index (χ1) is 12.3. The topological polar surface area (TPSA) is 58.3 Å². The zero-order valence-corrected chi connectivity index (χ0v) is 15.7. The summed E-state index contributed by atoms with van der Waals surface area (Å²) >= 11 is 1.95. The van der Waals surface area contributed by atoms with E-state index >= 15 is 0 Å². The fourth-order valence-corrected chi connectivity index (χ4v) is 4.11. The predicted molar refractivity (Wildman–Crippen MR) is 103 cm³/mol. The third kappa shape index (κ3) is 4.75. The first-order valence-electron chi connectivity index (χ1n) is 8.80. The minimum atomic E-state index is 0.653. The second-order valence-corrected chi connectivity index (χ2v) is 7.25. The van der Waals surface area contributed by atoms with Crippen molar-refractivity contribution < 1.29 is 0 Å². The van der Waals surface area contributed by atoms with E-state index in [0.717, 1.165) is 37.2 Å².